The van der Waals surface area contributed by atoms with Gasteiger partial charge in [0.1, 0.15) is 0 Å². The molecule has 0 aliphatic heterocycles. The quantitative estimate of drug-likeness (QED) is 0.898. The van der Waals surface area contributed by atoms with Gasteiger partial charge in [0.25, 0.3) is 0 Å². The van der Waals surface area contributed by atoms with Gasteiger partial charge < -0.3 is 9.52 Å². The SMILES string of the molecule is CC(C)(C)c1nc(C2C3C4CCC(C4)C23)oc1C(=O)O. The number of carboxylic acid groups (broad SMARTS) is 1. The average Bonchev–Trinajstić information content (AvgIpc) is 2.78. The summed E-state index contributed by atoms with van der Waals surface area (Å²) in [5.74, 6) is 3.27. The first-order valence-electron chi connectivity index (χ1n) is 7.62. The molecular weight excluding hydrogens is 254 g/mol. The Morgan fingerprint density at radius 1 is 1.25 bits per heavy atom. The first-order chi connectivity index (χ1) is 9.38. The van der Waals surface area contributed by atoms with Crippen molar-refractivity contribution < 1.29 is 14.3 Å². The Hall–Kier alpha value is -1.32. The van der Waals surface area contributed by atoms with Crippen molar-refractivity contribution in [2.75, 3.05) is 0 Å². The van der Waals surface area contributed by atoms with E-state index in [1.165, 1.54) is 19.3 Å². The topological polar surface area (TPSA) is 63.3 Å². The van der Waals surface area contributed by atoms with Gasteiger partial charge in [-0.25, -0.2) is 9.78 Å². The van der Waals surface area contributed by atoms with Crippen LogP contribution >= 0.6 is 0 Å². The summed E-state index contributed by atoms with van der Waals surface area (Å²) in [6.07, 6.45) is 4.08. The van der Waals surface area contributed by atoms with Gasteiger partial charge in [-0.15, -0.1) is 0 Å². The highest BCUT2D eigenvalue weighted by atomic mass is 16.4. The number of hydrogen-bond donors (Lipinski definition) is 1. The number of hydrogen-bond acceptors (Lipinski definition) is 3. The third-order valence-corrected chi connectivity index (χ3v) is 5.57. The van der Waals surface area contributed by atoms with Crippen LogP contribution in [0.4, 0.5) is 0 Å². The molecule has 1 aromatic rings. The van der Waals surface area contributed by atoms with Gasteiger partial charge >= 0.3 is 5.97 Å². The van der Waals surface area contributed by atoms with E-state index in [0.717, 1.165) is 23.7 Å². The Morgan fingerprint density at radius 3 is 2.30 bits per heavy atom. The van der Waals surface area contributed by atoms with Crippen molar-refractivity contribution in [2.45, 2.75) is 51.4 Å². The molecule has 3 aliphatic carbocycles. The van der Waals surface area contributed by atoms with Crippen molar-refractivity contribution in [2.24, 2.45) is 23.7 Å². The van der Waals surface area contributed by atoms with Crippen LogP contribution in [0.15, 0.2) is 4.42 Å². The van der Waals surface area contributed by atoms with Crippen molar-refractivity contribution >= 4 is 5.97 Å². The van der Waals surface area contributed by atoms with E-state index in [0.29, 0.717) is 17.5 Å². The van der Waals surface area contributed by atoms with Crippen molar-refractivity contribution in [3.63, 3.8) is 0 Å². The minimum atomic E-state index is -0.998. The lowest BCUT2D eigenvalue weighted by molar-refractivity contribution is 0.0656. The second-order valence-electron chi connectivity index (χ2n) is 7.80. The normalized spacial score (nSPS) is 38.0. The van der Waals surface area contributed by atoms with Crippen LogP contribution < -0.4 is 0 Å². The molecule has 0 saturated heterocycles. The smallest absolute Gasteiger partial charge is 0.373 e. The molecule has 4 heteroatoms. The molecule has 1 aromatic heterocycles. The van der Waals surface area contributed by atoms with E-state index < -0.39 is 5.97 Å². The molecule has 4 rings (SSSR count). The maximum Gasteiger partial charge on any atom is 0.373 e. The second kappa shape index (κ2) is 3.66. The summed E-state index contributed by atoms with van der Waals surface area (Å²) in [5.41, 5.74) is 0.302. The Morgan fingerprint density at radius 2 is 1.85 bits per heavy atom. The number of oxazole rings is 1. The van der Waals surface area contributed by atoms with E-state index in [9.17, 15) is 9.90 Å². The number of carboxylic acids is 1. The number of aromatic carboxylic acids is 1. The third-order valence-electron chi connectivity index (χ3n) is 5.57. The van der Waals surface area contributed by atoms with Crippen molar-refractivity contribution in [3.05, 3.63) is 17.3 Å². The Balaban J connectivity index is 1.69. The number of nitrogens with zero attached hydrogens (tertiary/aromatic N) is 1. The van der Waals surface area contributed by atoms with Gasteiger partial charge in [-0.1, -0.05) is 20.8 Å². The summed E-state index contributed by atoms with van der Waals surface area (Å²) in [5, 5.41) is 9.33. The van der Waals surface area contributed by atoms with E-state index in [-0.39, 0.29) is 11.2 Å². The number of aromatic nitrogens is 1. The van der Waals surface area contributed by atoms with E-state index in [4.69, 9.17) is 4.42 Å². The van der Waals surface area contributed by atoms with Crippen LogP contribution in [0, 0.1) is 23.7 Å². The highest BCUT2D eigenvalue weighted by molar-refractivity contribution is 5.86. The van der Waals surface area contributed by atoms with Crippen LogP contribution in [0.5, 0.6) is 0 Å². The van der Waals surface area contributed by atoms with Crippen molar-refractivity contribution in [1.29, 1.82) is 0 Å². The molecule has 20 heavy (non-hydrogen) atoms. The summed E-state index contributed by atoms with van der Waals surface area (Å²) >= 11 is 0. The van der Waals surface area contributed by atoms with Gasteiger partial charge in [-0.2, -0.15) is 0 Å². The fourth-order valence-electron chi connectivity index (χ4n) is 4.79. The van der Waals surface area contributed by atoms with E-state index in [2.05, 4.69) is 4.98 Å². The first-order valence-corrected chi connectivity index (χ1v) is 7.62. The predicted molar refractivity (Wildman–Crippen MR) is 72.7 cm³/mol. The van der Waals surface area contributed by atoms with E-state index in [1.807, 2.05) is 20.8 Å². The number of rotatable bonds is 2. The van der Waals surface area contributed by atoms with E-state index >= 15 is 0 Å². The molecule has 0 radical (unpaired) electrons. The second-order valence-corrected chi connectivity index (χ2v) is 7.80. The summed E-state index contributed by atoms with van der Waals surface area (Å²) in [7, 11) is 0. The number of carbonyl (C=O) groups is 1. The van der Waals surface area contributed by atoms with Gasteiger partial charge in [0.2, 0.25) is 5.76 Å². The minimum Gasteiger partial charge on any atom is -0.475 e. The monoisotopic (exact) mass is 275 g/mol. The minimum absolute atomic E-state index is 0.0461. The maximum atomic E-state index is 11.4. The van der Waals surface area contributed by atoms with Crippen LogP contribution in [-0.4, -0.2) is 16.1 Å². The highest BCUT2D eigenvalue weighted by Gasteiger charge is 2.67. The Labute approximate surface area is 118 Å². The Kier molecular flexibility index (Phi) is 2.27. The standard InChI is InChI=1S/C16H21NO3/c1-16(2,3)13-12(15(18)19)20-14(17-13)11-9-7-4-5-8(6-7)10(9)11/h7-11H,4-6H2,1-3H3,(H,18,19). The molecule has 3 aliphatic rings. The molecule has 2 bridgehead atoms. The lowest BCUT2D eigenvalue weighted by Crippen LogP contribution is -2.16. The zero-order valence-corrected chi connectivity index (χ0v) is 12.2. The lowest BCUT2D eigenvalue weighted by Gasteiger charge is -2.14. The first kappa shape index (κ1) is 12.4. The van der Waals surface area contributed by atoms with E-state index in [1.54, 1.807) is 0 Å². The van der Waals surface area contributed by atoms with Crippen LogP contribution in [0.25, 0.3) is 0 Å². The largest absolute Gasteiger partial charge is 0.475 e. The van der Waals surface area contributed by atoms with Gasteiger partial charge in [0.15, 0.2) is 5.89 Å². The zero-order valence-electron chi connectivity index (χ0n) is 12.2. The molecule has 1 heterocycles. The summed E-state index contributed by atoms with van der Waals surface area (Å²) in [4.78, 5) is 16.0. The molecule has 1 N–H and O–H groups in total. The van der Waals surface area contributed by atoms with Gasteiger partial charge in [-0.3, -0.25) is 0 Å². The molecule has 0 spiro atoms. The molecule has 0 amide bonds. The van der Waals surface area contributed by atoms with Crippen molar-refractivity contribution in [1.82, 2.24) is 4.98 Å². The number of fused-ring (bicyclic) bond motifs is 5. The molecule has 4 nitrogen and oxygen atoms in total. The van der Waals surface area contributed by atoms with Crippen LogP contribution in [0.1, 0.15) is 68.1 Å². The Bertz CT molecular complexity index is 567. The fourth-order valence-corrected chi connectivity index (χ4v) is 4.79. The highest BCUT2D eigenvalue weighted by Crippen LogP contribution is 2.73. The zero-order chi connectivity index (χ0) is 14.2. The summed E-state index contributed by atoms with van der Waals surface area (Å²) in [6.45, 7) is 5.95. The fraction of sp³-hybridized carbons (Fsp3) is 0.750. The van der Waals surface area contributed by atoms with Crippen LogP contribution in [0.2, 0.25) is 0 Å². The summed E-state index contributed by atoms with van der Waals surface area (Å²) in [6, 6.07) is 0. The van der Waals surface area contributed by atoms with Crippen LogP contribution in [-0.2, 0) is 5.41 Å². The van der Waals surface area contributed by atoms with Gasteiger partial charge in [-0.05, 0) is 42.9 Å². The van der Waals surface area contributed by atoms with Crippen LogP contribution in [0.3, 0.4) is 0 Å². The lowest BCUT2D eigenvalue weighted by atomic mass is 9.91. The molecular formula is C16H21NO3. The third kappa shape index (κ3) is 1.54. The predicted octanol–water partition coefficient (Wildman–Crippen LogP) is 3.43. The van der Waals surface area contributed by atoms with Crippen molar-refractivity contribution in [3.8, 4) is 0 Å². The molecule has 4 unspecified atom stereocenters. The molecule has 0 aromatic carbocycles. The molecule has 4 atom stereocenters. The molecule has 3 saturated carbocycles. The summed E-state index contributed by atoms with van der Waals surface area (Å²) < 4.78 is 5.68. The maximum absolute atomic E-state index is 11.4. The average molecular weight is 275 g/mol. The molecule has 3 fully saturated rings. The van der Waals surface area contributed by atoms with Gasteiger partial charge in [0, 0.05) is 11.3 Å². The molecule has 108 valence electrons. The van der Waals surface area contributed by atoms with Gasteiger partial charge in [0.05, 0.1) is 5.69 Å².